The van der Waals surface area contributed by atoms with E-state index in [-0.39, 0.29) is 5.91 Å². The molecular weight excluding hydrogens is 366 g/mol. The van der Waals surface area contributed by atoms with Crippen molar-refractivity contribution in [1.29, 1.82) is 5.41 Å². The van der Waals surface area contributed by atoms with E-state index in [1.54, 1.807) is 25.5 Å². The number of rotatable bonds is 7. The maximum atomic E-state index is 11.6. The van der Waals surface area contributed by atoms with Gasteiger partial charge in [-0.25, -0.2) is 4.98 Å². The minimum atomic E-state index is -0.240. The second-order valence-electron chi connectivity index (χ2n) is 6.42. The van der Waals surface area contributed by atoms with Gasteiger partial charge < -0.3 is 27.1 Å². The Morgan fingerprint density at radius 2 is 2.10 bits per heavy atom. The third-order valence-corrected chi connectivity index (χ3v) is 4.25. The highest BCUT2D eigenvalue weighted by molar-refractivity contribution is 6.08. The fourth-order valence-electron chi connectivity index (χ4n) is 2.90. The van der Waals surface area contributed by atoms with Crippen molar-refractivity contribution < 1.29 is 4.79 Å². The normalized spacial score (nSPS) is 11.2. The molecular formula is C21H23N7O. The zero-order valence-corrected chi connectivity index (χ0v) is 16.3. The fraction of sp³-hybridized carbons (Fsp3) is 0.143. The van der Waals surface area contributed by atoms with Crippen LogP contribution in [0.25, 0.3) is 16.5 Å². The molecule has 0 aliphatic rings. The Balaban J connectivity index is 1.94. The first-order valence-corrected chi connectivity index (χ1v) is 9.05. The van der Waals surface area contributed by atoms with Gasteiger partial charge in [0, 0.05) is 50.1 Å². The fourth-order valence-corrected chi connectivity index (χ4v) is 2.90. The number of hydrogen-bond acceptors (Lipinski definition) is 7. The summed E-state index contributed by atoms with van der Waals surface area (Å²) >= 11 is 0. The van der Waals surface area contributed by atoms with E-state index >= 15 is 0 Å². The van der Waals surface area contributed by atoms with Crippen molar-refractivity contribution in [2.24, 2.45) is 0 Å². The summed E-state index contributed by atoms with van der Waals surface area (Å²) < 4.78 is 0. The minimum Gasteiger partial charge on any atom is -0.394 e. The molecule has 0 fully saturated rings. The Hall–Kier alpha value is -3.94. The lowest BCUT2D eigenvalue weighted by molar-refractivity contribution is -0.114. The number of carbonyl (C=O) groups is 1. The van der Waals surface area contributed by atoms with Crippen LogP contribution < -0.4 is 21.7 Å². The third kappa shape index (κ3) is 4.67. The van der Waals surface area contributed by atoms with E-state index < -0.39 is 0 Å². The molecule has 29 heavy (non-hydrogen) atoms. The minimum absolute atomic E-state index is 0.240. The van der Waals surface area contributed by atoms with Gasteiger partial charge in [-0.05, 0) is 29.8 Å². The molecule has 0 unspecified atom stereocenters. The molecule has 3 rings (SSSR count). The van der Waals surface area contributed by atoms with E-state index in [9.17, 15) is 4.79 Å². The molecule has 2 aromatic heterocycles. The number of allylic oxidation sites excluding steroid dienone is 1. The van der Waals surface area contributed by atoms with Crippen LogP contribution in [0, 0.1) is 5.41 Å². The number of anilines is 3. The summed E-state index contributed by atoms with van der Waals surface area (Å²) in [6.45, 7) is 1.90. The number of carbonyl (C=O) groups excluding carboxylic acids is 1. The maximum Gasteiger partial charge on any atom is 0.221 e. The highest BCUT2D eigenvalue weighted by Gasteiger charge is 2.13. The Bertz CT molecular complexity index is 1090. The van der Waals surface area contributed by atoms with Gasteiger partial charge in [-0.15, -0.1) is 0 Å². The molecule has 8 heteroatoms. The average molecular weight is 389 g/mol. The summed E-state index contributed by atoms with van der Waals surface area (Å²) in [5, 5.41) is 17.5. The van der Waals surface area contributed by atoms with Crippen LogP contribution in [0.4, 0.5) is 17.2 Å². The molecule has 0 aliphatic carbocycles. The molecule has 0 spiro atoms. The summed E-state index contributed by atoms with van der Waals surface area (Å²) in [6.07, 6.45) is 4.61. The van der Waals surface area contributed by atoms with Gasteiger partial charge in [-0.1, -0.05) is 12.1 Å². The van der Waals surface area contributed by atoms with Gasteiger partial charge in [0.2, 0.25) is 5.91 Å². The highest BCUT2D eigenvalue weighted by Crippen LogP contribution is 2.29. The van der Waals surface area contributed by atoms with Crippen LogP contribution in [0.1, 0.15) is 18.2 Å². The monoisotopic (exact) mass is 389 g/mol. The number of amides is 1. The van der Waals surface area contributed by atoms with E-state index in [0.29, 0.717) is 35.0 Å². The van der Waals surface area contributed by atoms with Gasteiger partial charge in [0.25, 0.3) is 0 Å². The van der Waals surface area contributed by atoms with Crippen LogP contribution in [0.15, 0.2) is 48.8 Å². The zero-order chi connectivity index (χ0) is 20.8. The second-order valence-corrected chi connectivity index (χ2v) is 6.42. The summed E-state index contributed by atoms with van der Waals surface area (Å²) in [5.41, 5.74) is 10.0. The van der Waals surface area contributed by atoms with E-state index in [2.05, 4.69) is 25.9 Å². The van der Waals surface area contributed by atoms with Crippen molar-refractivity contribution in [3.8, 4) is 0 Å². The molecule has 0 bridgehead atoms. The molecule has 0 saturated heterocycles. The lowest BCUT2D eigenvalue weighted by atomic mass is 10.1. The standard InChI is InChI=1S/C21H23N7O/c1-13(29)27-19-9-18(16(10-22)12-24-2)28-21(20(19)23)26-11-14-5-6-17-15(8-14)4-3-7-25-17/h3-10,12,22,24H,11,23H2,1-2H3,(H2,26,27,28,29)/b16-12+,22-10?. The van der Waals surface area contributed by atoms with Crippen LogP contribution >= 0.6 is 0 Å². The number of fused-ring (bicyclic) bond motifs is 1. The molecule has 148 valence electrons. The summed E-state index contributed by atoms with van der Waals surface area (Å²) in [5.74, 6) is 0.192. The van der Waals surface area contributed by atoms with Crippen LogP contribution in [0.2, 0.25) is 0 Å². The van der Waals surface area contributed by atoms with Gasteiger partial charge in [-0.3, -0.25) is 9.78 Å². The van der Waals surface area contributed by atoms with Crippen LogP contribution in [0.3, 0.4) is 0 Å². The van der Waals surface area contributed by atoms with Crippen molar-refractivity contribution in [3.05, 3.63) is 60.1 Å². The summed E-state index contributed by atoms with van der Waals surface area (Å²) in [4.78, 5) is 20.4. The highest BCUT2D eigenvalue weighted by atomic mass is 16.1. The van der Waals surface area contributed by atoms with Crippen molar-refractivity contribution in [3.63, 3.8) is 0 Å². The smallest absolute Gasteiger partial charge is 0.221 e. The maximum absolute atomic E-state index is 11.6. The number of nitrogens with one attached hydrogen (secondary N) is 4. The number of aromatic nitrogens is 2. The SMILES string of the molecule is CN/C=C(\C=N)c1cc(NC(C)=O)c(N)c(NCc2ccc3ncccc3c2)n1. The van der Waals surface area contributed by atoms with Gasteiger partial charge in [0.05, 0.1) is 22.6 Å². The number of nitrogen functional groups attached to an aromatic ring is 1. The molecule has 1 amide bonds. The van der Waals surface area contributed by atoms with E-state index in [1.165, 1.54) is 13.1 Å². The Morgan fingerprint density at radius 3 is 2.83 bits per heavy atom. The first kappa shape index (κ1) is 19.8. The predicted octanol–water partition coefficient (Wildman–Crippen LogP) is 2.99. The molecule has 0 atom stereocenters. The molecule has 0 radical (unpaired) electrons. The first-order valence-electron chi connectivity index (χ1n) is 9.05. The van der Waals surface area contributed by atoms with Crippen LogP contribution in [-0.2, 0) is 11.3 Å². The number of benzene rings is 1. The molecule has 1 aromatic carbocycles. The Kier molecular flexibility index (Phi) is 6.03. The lowest BCUT2D eigenvalue weighted by Gasteiger charge is -2.15. The number of nitrogens with zero attached hydrogens (tertiary/aromatic N) is 2. The second kappa shape index (κ2) is 8.83. The van der Waals surface area contributed by atoms with Gasteiger partial charge in [-0.2, -0.15) is 0 Å². The third-order valence-electron chi connectivity index (χ3n) is 4.25. The molecule has 2 heterocycles. The quantitative estimate of drug-likeness (QED) is 0.395. The van der Waals surface area contributed by atoms with Crippen molar-refractivity contribution in [2.45, 2.75) is 13.5 Å². The van der Waals surface area contributed by atoms with Gasteiger partial charge >= 0.3 is 0 Å². The zero-order valence-electron chi connectivity index (χ0n) is 16.3. The number of hydrogen-bond donors (Lipinski definition) is 5. The van der Waals surface area contributed by atoms with Crippen LogP contribution in [0.5, 0.6) is 0 Å². The molecule has 6 N–H and O–H groups in total. The van der Waals surface area contributed by atoms with E-state index in [1.807, 2.05) is 30.3 Å². The Morgan fingerprint density at radius 1 is 1.28 bits per heavy atom. The topological polar surface area (TPSA) is 129 Å². The van der Waals surface area contributed by atoms with E-state index in [0.717, 1.165) is 16.5 Å². The number of pyridine rings is 2. The Labute approximate surface area is 168 Å². The van der Waals surface area contributed by atoms with Crippen LogP contribution in [-0.4, -0.2) is 29.1 Å². The number of nitrogens with two attached hydrogens (primary N) is 1. The van der Waals surface area contributed by atoms with Gasteiger partial charge in [0.1, 0.15) is 0 Å². The summed E-state index contributed by atoms with van der Waals surface area (Å²) in [7, 11) is 1.74. The largest absolute Gasteiger partial charge is 0.394 e. The molecule has 3 aromatic rings. The molecule has 8 nitrogen and oxygen atoms in total. The average Bonchev–Trinajstić information content (AvgIpc) is 2.72. The van der Waals surface area contributed by atoms with Crippen molar-refractivity contribution in [2.75, 3.05) is 23.4 Å². The molecule has 0 aliphatic heterocycles. The molecule has 0 saturated carbocycles. The van der Waals surface area contributed by atoms with Gasteiger partial charge in [0.15, 0.2) is 5.82 Å². The predicted molar refractivity (Wildman–Crippen MR) is 118 cm³/mol. The lowest BCUT2D eigenvalue weighted by Crippen LogP contribution is -2.13. The summed E-state index contributed by atoms with van der Waals surface area (Å²) in [6, 6.07) is 11.6. The van der Waals surface area contributed by atoms with Crippen molar-refractivity contribution >= 4 is 45.8 Å². The first-order chi connectivity index (χ1) is 14.0. The van der Waals surface area contributed by atoms with E-state index in [4.69, 9.17) is 11.1 Å². The van der Waals surface area contributed by atoms with Crippen molar-refractivity contribution in [1.82, 2.24) is 15.3 Å².